The van der Waals surface area contributed by atoms with E-state index in [1.165, 1.54) is 32.1 Å². The van der Waals surface area contributed by atoms with Gasteiger partial charge in [-0.2, -0.15) is 0 Å². The second-order valence-corrected chi connectivity index (χ2v) is 7.46. The Hall–Kier alpha value is -1.35. The molecule has 0 unspecified atom stereocenters. The fourth-order valence-corrected chi connectivity index (χ4v) is 2.96. The van der Waals surface area contributed by atoms with Gasteiger partial charge in [-0.25, -0.2) is 4.79 Å². The number of rotatable bonds is 15. The molecule has 0 aliphatic carbocycles. The third kappa shape index (κ3) is 10.6. The average Bonchev–Trinajstić information content (AvgIpc) is 2.64. The molecule has 3 nitrogen and oxygen atoms in total. The molecule has 0 atom stereocenters. The molecular formula is C23H38O3. The summed E-state index contributed by atoms with van der Waals surface area (Å²) in [7, 11) is 0. The minimum atomic E-state index is -0.231. The van der Waals surface area contributed by atoms with Crippen LogP contribution in [0.2, 0.25) is 0 Å². The minimum absolute atomic E-state index is 0.231. The van der Waals surface area contributed by atoms with E-state index in [-0.39, 0.29) is 5.97 Å². The topological polar surface area (TPSA) is 35.5 Å². The van der Waals surface area contributed by atoms with Crippen LogP contribution in [0.1, 0.15) is 88.1 Å². The van der Waals surface area contributed by atoms with Crippen LogP contribution in [-0.2, 0) is 15.9 Å². The highest BCUT2D eigenvalue weighted by molar-refractivity contribution is 5.91. The summed E-state index contributed by atoms with van der Waals surface area (Å²) in [5.41, 5.74) is 1.78. The molecule has 0 fully saturated rings. The molecule has 0 aliphatic heterocycles. The number of unbranched alkanes of at least 4 members (excludes halogenated alkanes) is 5. The summed E-state index contributed by atoms with van der Waals surface area (Å²) in [6.07, 6.45) is 10.7. The van der Waals surface area contributed by atoms with E-state index in [0.29, 0.717) is 18.8 Å². The van der Waals surface area contributed by atoms with Crippen LogP contribution in [0.3, 0.4) is 0 Å². The van der Waals surface area contributed by atoms with Crippen molar-refractivity contribution in [3.63, 3.8) is 0 Å². The molecule has 1 rings (SSSR count). The summed E-state index contributed by atoms with van der Waals surface area (Å²) in [6.45, 7) is 8.29. The molecule has 0 radical (unpaired) electrons. The van der Waals surface area contributed by atoms with E-state index in [1.807, 2.05) is 24.3 Å². The third-order valence-electron chi connectivity index (χ3n) is 4.57. The molecule has 1 aromatic rings. The molecule has 0 aromatic heterocycles. The van der Waals surface area contributed by atoms with Crippen molar-refractivity contribution in [2.24, 2.45) is 5.92 Å². The molecule has 26 heavy (non-hydrogen) atoms. The molecule has 148 valence electrons. The fourth-order valence-electron chi connectivity index (χ4n) is 2.96. The van der Waals surface area contributed by atoms with Crippen molar-refractivity contribution in [1.29, 1.82) is 0 Å². The predicted molar refractivity (Wildman–Crippen MR) is 109 cm³/mol. The van der Waals surface area contributed by atoms with Gasteiger partial charge in [0.05, 0.1) is 12.2 Å². The second kappa shape index (κ2) is 14.8. The highest BCUT2D eigenvalue weighted by Crippen LogP contribution is 2.13. The number of hydrogen-bond donors (Lipinski definition) is 0. The van der Waals surface area contributed by atoms with Crippen LogP contribution in [0.4, 0.5) is 0 Å². The Morgan fingerprint density at radius 3 is 2.42 bits per heavy atom. The quantitative estimate of drug-likeness (QED) is 0.275. The van der Waals surface area contributed by atoms with Gasteiger partial charge in [-0.15, -0.1) is 0 Å². The normalized spacial score (nSPS) is 11.1. The first-order valence-electron chi connectivity index (χ1n) is 10.5. The van der Waals surface area contributed by atoms with E-state index in [4.69, 9.17) is 9.47 Å². The first kappa shape index (κ1) is 22.7. The van der Waals surface area contributed by atoms with Gasteiger partial charge in [0.15, 0.2) is 0 Å². The Morgan fingerprint density at radius 2 is 1.65 bits per heavy atom. The van der Waals surface area contributed by atoms with Crippen molar-refractivity contribution in [3.05, 3.63) is 35.4 Å². The molecule has 0 N–H and O–H groups in total. The van der Waals surface area contributed by atoms with Gasteiger partial charge in [-0.3, -0.25) is 0 Å². The fraction of sp³-hybridized carbons (Fsp3) is 0.696. The van der Waals surface area contributed by atoms with Gasteiger partial charge in [-0.1, -0.05) is 77.5 Å². The van der Waals surface area contributed by atoms with Crippen LogP contribution < -0.4 is 0 Å². The summed E-state index contributed by atoms with van der Waals surface area (Å²) in [5.74, 6) is 0.588. The van der Waals surface area contributed by atoms with Crippen LogP contribution >= 0.6 is 0 Å². The smallest absolute Gasteiger partial charge is 0.338 e. The number of aryl methyl sites for hydroxylation is 1. The van der Waals surface area contributed by atoms with Crippen molar-refractivity contribution in [1.82, 2.24) is 0 Å². The maximum absolute atomic E-state index is 12.2. The van der Waals surface area contributed by atoms with Gasteiger partial charge in [0.1, 0.15) is 6.61 Å². The van der Waals surface area contributed by atoms with Gasteiger partial charge in [0.25, 0.3) is 0 Å². The summed E-state index contributed by atoms with van der Waals surface area (Å²) in [6, 6.07) is 7.74. The maximum atomic E-state index is 12.2. The zero-order valence-electron chi connectivity index (χ0n) is 17.1. The van der Waals surface area contributed by atoms with Crippen LogP contribution in [0.5, 0.6) is 0 Å². The summed E-state index contributed by atoms with van der Waals surface area (Å²) < 4.78 is 10.9. The number of benzene rings is 1. The maximum Gasteiger partial charge on any atom is 0.338 e. The number of esters is 1. The van der Waals surface area contributed by atoms with E-state index in [2.05, 4.69) is 20.8 Å². The largest absolute Gasteiger partial charge is 0.460 e. The predicted octanol–water partition coefficient (Wildman–Crippen LogP) is 6.20. The Morgan fingerprint density at radius 1 is 0.923 bits per heavy atom. The summed E-state index contributed by atoms with van der Waals surface area (Å²) in [4.78, 5) is 12.2. The highest BCUT2D eigenvalue weighted by Gasteiger charge is 2.11. The Bertz CT molecular complexity index is 482. The molecule has 0 saturated heterocycles. The second-order valence-electron chi connectivity index (χ2n) is 7.46. The van der Waals surface area contributed by atoms with Gasteiger partial charge in [0.2, 0.25) is 0 Å². The third-order valence-corrected chi connectivity index (χ3v) is 4.57. The van der Waals surface area contributed by atoms with E-state index < -0.39 is 0 Å². The van der Waals surface area contributed by atoms with Gasteiger partial charge >= 0.3 is 5.97 Å². The van der Waals surface area contributed by atoms with E-state index in [9.17, 15) is 4.79 Å². The van der Waals surface area contributed by atoms with E-state index >= 15 is 0 Å². The standard InChI is InChI=1S/C23H38O3/c1-4-5-14-21-15-10-11-16-22(21)23(24)26-19-18-25-17-12-8-6-7-9-13-20(2)3/h10-11,15-16,20H,4-9,12-14,17-19H2,1-3H3. The zero-order valence-corrected chi connectivity index (χ0v) is 17.1. The Labute approximate surface area is 160 Å². The van der Waals surface area contributed by atoms with Gasteiger partial charge in [-0.05, 0) is 36.8 Å². The zero-order chi connectivity index (χ0) is 19.0. The van der Waals surface area contributed by atoms with Crippen LogP contribution in [0.15, 0.2) is 24.3 Å². The molecule has 0 bridgehead atoms. The molecule has 1 aromatic carbocycles. The van der Waals surface area contributed by atoms with Crippen LogP contribution in [0, 0.1) is 5.92 Å². The molecule has 0 amide bonds. The lowest BCUT2D eigenvalue weighted by Gasteiger charge is -2.10. The van der Waals surface area contributed by atoms with Crippen molar-refractivity contribution >= 4 is 5.97 Å². The molecule has 0 saturated carbocycles. The summed E-state index contributed by atoms with van der Waals surface area (Å²) in [5, 5.41) is 0. The molecule has 0 aliphatic rings. The van der Waals surface area contributed by atoms with Crippen LogP contribution in [0.25, 0.3) is 0 Å². The lowest BCUT2D eigenvalue weighted by atomic mass is 10.0. The lowest BCUT2D eigenvalue weighted by Crippen LogP contribution is -2.13. The molecular weight excluding hydrogens is 324 g/mol. The van der Waals surface area contributed by atoms with Crippen molar-refractivity contribution in [2.75, 3.05) is 19.8 Å². The van der Waals surface area contributed by atoms with Crippen molar-refractivity contribution < 1.29 is 14.3 Å². The van der Waals surface area contributed by atoms with E-state index in [0.717, 1.165) is 43.8 Å². The van der Waals surface area contributed by atoms with Crippen LogP contribution in [-0.4, -0.2) is 25.8 Å². The minimum Gasteiger partial charge on any atom is -0.460 e. The van der Waals surface area contributed by atoms with Gasteiger partial charge in [0, 0.05) is 6.61 Å². The van der Waals surface area contributed by atoms with Crippen molar-refractivity contribution in [3.8, 4) is 0 Å². The number of ether oxygens (including phenoxy) is 2. The number of carbonyl (C=O) groups is 1. The number of hydrogen-bond acceptors (Lipinski definition) is 3. The number of carbonyl (C=O) groups excluding carboxylic acids is 1. The highest BCUT2D eigenvalue weighted by atomic mass is 16.6. The molecule has 0 spiro atoms. The van der Waals surface area contributed by atoms with Gasteiger partial charge < -0.3 is 9.47 Å². The van der Waals surface area contributed by atoms with Crippen molar-refractivity contribution in [2.45, 2.75) is 78.6 Å². The van der Waals surface area contributed by atoms with E-state index in [1.54, 1.807) is 0 Å². The SMILES string of the molecule is CCCCc1ccccc1C(=O)OCCOCCCCCCCC(C)C. The Kier molecular flexibility index (Phi) is 12.9. The monoisotopic (exact) mass is 362 g/mol. The summed E-state index contributed by atoms with van der Waals surface area (Å²) >= 11 is 0. The first-order valence-corrected chi connectivity index (χ1v) is 10.5. The molecule has 0 heterocycles. The average molecular weight is 363 g/mol. The molecule has 3 heteroatoms. The Balaban J connectivity index is 2.07. The lowest BCUT2D eigenvalue weighted by molar-refractivity contribution is 0.0311. The first-order chi connectivity index (χ1) is 12.6.